The summed E-state index contributed by atoms with van der Waals surface area (Å²) in [6, 6.07) is 63.0. The molecule has 10 rings (SSSR count). The van der Waals surface area contributed by atoms with Gasteiger partial charge in [-0.05, 0) is 42.5 Å². The average Bonchev–Trinajstić information content (AvgIpc) is 3.74. The van der Waals surface area contributed by atoms with Crippen LogP contribution in [-0.4, -0.2) is 19.1 Å². The molecule has 0 spiro atoms. The molecule has 10 aromatic rings. The van der Waals surface area contributed by atoms with Gasteiger partial charge in [-0.1, -0.05) is 133 Å². The summed E-state index contributed by atoms with van der Waals surface area (Å²) in [7, 11) is 0. The van der Waals surface area contributed by atoms with Crippen molar-refractivity contribution in [3.8, 4) is 51.3 Å². The van der Waals surface area contributed by atoms with E-state index in [9.17, 15) is 5.26 Å². The molecule has 5 nitrogen and oxygen atoms in total. The number of nitrogens with zero attached hydrogens (tertiary/aromatic N) is 5. The lowest BCUT2D eigenvalue weighted by Crippen LogP contribution is -2.06. The zero-order valence-electron chi connectivity index (χ0n) is 28.0. The SMILES string of the molecule is N#Cc1c(-n2c3ccccc3c3ccccc32)cc(-c2cc(-c3ccccc3)nc(-c3ccccc3)n2)cc1-n1c2ccccc2c2ccccc21. The third-order valence-electron chi connectivity index (χ3n) is 9.97. The number of hydrogen-bond donors (Lipinski definition) is 0. The van der Waals surface area contributed by atoms with Crippen molar-refractivity contribution in [2.75, 3.05) is 0 Å². The highest BCUT2D eigenvalue weighted by Crippen LogP contribution is 2.40. The van der Waals surface area contributed by atoms with E-state index in [2.05, 4.69) is 143 Å². The lowest BCUT2D eigenvalue weighted by atomic mass is 10.0. The Kier molecular flexibility index (Phi) is 6.80. The summed E-state index contributed by atoms with van der Waals surface area (Å²) < 4.78 is 4.48. The van der Waals surface area contributed by atoms with Gasteiger partial charge in [0, 0.05) is 38.2 Å². The summed E-state index contributed by atoms with van der Waals surface area (Å²) in [5.41, 5.74) is 10.7. The second kappa shape index (κ2) is 11.9. The van der Waals surface area contributed by atoms with E-state index < -0.39 is 0 Å². The number of rotatable bonds is 5. The van der Waals surface area contributed by atoms with Gasteiger partial charge in [0.15, 0.2) is 5.82 Å². The first kappa shape index (κ1) is 29.6. The van der Waals surface area contributed by atoms with Crippen LogP contribution in [0.4, 0.5) is 0 Å². The van der Waals surface area contributed by atoms with Crippen molar-refractivity contribution in [2.24, 2.45) is 0 Å². The fourth-order valence-corrected chi connectivity index (χ4v) is 7.66. The average molecular weight is 664 g/mol. The third kappa shape index (κ3) is 4.63. The Morgan fingerprint density at radius 2 is 0.750 bits per heavy atom. The number of hydrogen-bond acceptors (Lipinski definition) is 3. The molecular formula is C47H29N5. The summed E-state index contributed by atoms with van der Waals surface area (Å²) in [5.74, 6) is 0.637. The highest BCUT2D eigenvalue weighted by Gasteiger charge is 2.23. The van der Waals surface area contributed by atoms with Crippen molar-refractivity contribution >= 4 is 43.6 Å². The standard InChI is InChI=1S/C47H29N5/c48-30-38-45(51-41-23-11-7-19-34(41)35-20-8-12-24-42(35)51)27-33(28-46(38)52-43-25-13-9-21-36(43)37-22-10-14-26-44(37)52)40-29-39(31-15-3-1-4-16-31)49-47(50-40)32-17-5-2-6-18-32/h1-29H. The van der Waals surface area contributed by atoms with Crippen molar-refractivity contribution in [1.82, 2.24) is 19.1 Å². The van der Waals surface area contributed by atoms with Crippen LogP contribution in [0.15, 0.2) is 176 Å². The maximum atomic E-state index is 11.2. The molecule has 0 aliphatic carbocycles. The topological polar surface area (TPSA) is 59.4 Å². The fraction of sp³-hybridized carbons (Fsp3) is 0. The first-order chi connectivity index (χ1) is 25.8. The third-order valence-corrected chi connectivity index (χ3v) is 9.97. The van der Waals surface area contributed by atoms with E-state index in [0.29, 0.717) is 11.4 Å². The normalized spacial score (nSPS) is 11.4. The summed E-state index contributed by atoms with van der Waals surface area (Å²) in [5, 5.41) is 15.8. The van der Waals surface area contributed by atoms with Gasteiger partial charge in [-0.2, -0.15) is 5.26 Å². The molecule has 0 N–H and O–H groups in total. The molecule has 242 valence electrons. The van der Waals surface area contributed by atoms with E-state index >= 15 is 0 Å². The molecule has 0 atom stereocenters. The van der Waals surface area contributed by atoms with Crippen LogP contribution in [0, 0.1) is 11.3 Å². The van der Waals surface area contributed by atoms with E-state index in [1.54, 1.807) is 0 Å². The largest absolute Gasteiger partial charge is 0.308 e. The lowest BCUT2D eigenvalue weighted by molar-refractivity contribution is 1.11. The van der Waals surface area contributed by atoms with Crippen molar-refractivity contribution in [3.05, 3.63) is 181 Å². The van der Waals surface area contributed by atoms with Gasteiger partial charge in [0.2, 0.25) is 0 Å². The number of nitriles is 1. The van der Waals surface area contributed by atoms with Crippen LogP contribution < -0.4 is 0 Å². The molecule has 0 bridgehead atoms. The molecule has 3 aromatic heterocycles. The van der Waals surface area contributed by atoms with E-state index in [0.717, 1.165) is 83.1 Å². The summed E-state index contributed by atoms with van der Waals surface area (Å²) in [6.07, 6.45) is 0. The van der Waals surface area contributed by atoms with Crippen molar-refractivity contribution < 1.29 is 0 Å². The molecule has 0 aliphatic rings. The number of aromatic nitrogens is 4. The monoisotopic (exact) mass is 663 g/mol. The number of benzene rings is 7. The summed E-state index contributed by atoms with van der Waals surface area (Å²) >= 11 is 0. The van der Waals surface area contributed by atoms with Crippen LogP contribution in [0.1, 0.15) is 5.56 Å². The van der Waals surface area contributed by atoms with Gasteiger partial charge < -0.3 is 9.13 Å². The zero-order valence-corrected chi connectivity index (χ0v) is 28.0. The Bertz CT molecular complexity index is 2720. The highest BCUT2D eigenvalue weighted by atomic mass is 15.0. The Hall–Kier alpha value is -7.29. The Labute approximate surface area is 299 Å². The molecule has 0 unspecified atom stereocenters. The van der Waals surface area contributed by atoms with Gasteiger partial charge in [0.1, 0.15) is 11.6 Å². The van der Waals surface area contributed by atoms with Crippen molar-refractivity contribution in [3.63, 3.8) is 0 Å². The fourth-order valence-electron chi connectivity index (χ4n) is 7.66. The minimum absolute atomic E-state index is 0.572. The molecule has 52 heavy (non-hydrogen) atoms. The zero-order chi connectivity index (χ0) is 34.6. The molecule has 0 fully saturated rings. The van der Waals surface area contributed by atoms with Crippen LogP contribution in [0.3, 0.4) is 0 Å². The van der Waals surface area contributed by atoms with Gasteiger partial charge in [0.25, 0.3) is 0 Å². The maximum Gasteiger partial charge on any atom is 0.160 e. The van der Waals surface area contributed by atoms with E-state index in [1.165, 1.54) is 0 Å². The first-order valence-electron chi connectivity index (χ1n) is 17.3. The maximum absolute atomic E-state index is 11.2. The molecule has 0 saturated carbocycles. The molecule has 7 aromatic carbocycles. The van der Waals surface area contributed by atoms with Crippen LogP contribution >= 0.6 is 0 Å². The minimum Gasteiger partial charge on any atom is -0.308 e. The minimum atomic E-state index is 0.572. The van der Waals surface area contributed by atoms with E-state index in [1.807, 2.05) is 48.5 Å². The molecule has 0 aliphatic heterocycles. The Balaban J connectivity index is 1.36. The lowest BCUT2D eigenvalue weighted by Gasteiger charge is -2.18. The smallest absolute Gasteiger partial charge is 0.160 e. The van der Waals surface area contributed by atoms with Crippen LogP contribution in [0.25, 0.3) is 88.9 Å². The predicted octanol–water partition coefficient (Wildman–Crippen LogP) is 11.5. The highest BCUT2D eigenvalue weighted by molar-refractivity contribution is 6.11. The van der Waals surface area contributed by atoms with Gasteiger partial charge in [-0.15, -0.1) is 0 Å². The summed E-state index contributed by atoms with van der Waals surface area (Å²) in [6.45, 7) is 0. The van der Waals surface area contributed by atoms with E-state index in [4.69, 9.17) is 9.97 Å². The molecule has 0 saturated heterocycles. The predicted molar refractivity (Wildman–Crippen MR) is 212 cm³/mol. The van der Waals surface area contributed by atoms with Crippen LogP contribution in [0.5, 0.6) is 0 Å². The van der Waals surface area contributed by atoms with Crippen molar-refractivity contribution in [2.45, 2.75) is 0 Å². The molecule has 0 radical (unpaired) electrons. The van der Waals surface area contributed by atoms with Crippen LogP contribution in [0.2, 0.25) is 0 Å². The second-order valence-electron chi connectivity index (χ2n) is 12.9. The molecular weight excluding hydrogens is 635 g/mol. The van der Waals surface area contributed by atoms with Gasteiger partial charge >= 0.3 is 0 Å². The number of para-hydroxylation sites is 4. The quantitative estimate of drug-likeness (QED) is 0.184. The van der Waals surface area contributed by atoms with Gasteiger partial charge in [0.05, 0.1) is 44.8 Å². The Morgan fingerprint density at radius 3 is 1.17 bits per heavy atom. The molecule has 5 heteroatoms. The first-order valence-corrected chi connectivity index (χ1v) is 17.3. The number of fused-ring (bicyclic) bond motifs is 6. The van der Waals surface area contributed by atoms with Gasteiger partial charge in [-0.25, -0.2) is 9.97 Å². The molecule has 0 amide bonds. The van der Waals surface area contributed by atoms with E-state index in [-0.39, 0.29) is 0 Å². The van der Waals surface area contributed by atoms with Crippen molar-refractivity contribution in [1.29, 1.82) is 5.26 Å². The van der Waals surface area contributed by atoms with Crippen LogP contribution in [-0.2, 0) is 0 Å². The Morgan fingerprint density at radius 1 is 0.385 bits per heavy atom. The molecule has 3 heterocycles. The summed E-state index contributed by atoms with van der Waals surface area (Å²) in [4.78, 5) is 10.3. The second-order valence-corrected chi connectivity index (χ2v) is 12.9. The van der Waals surface area contributed by atoms with Gasteiger partial charge in [-0.3, -0.25) is 0 Å².